The first-order valence-corrected chi connectivity index (χ1v) is 4.52. The van der Waals surface area contributed by atoms with E-state index in [0.717, 1.165) is 11.6 Å². The van der Waals surface area contributed by atoms with Gasteiger partial charge in [0.1, 0.15) is 27.0 Å². The number of ether oxygens (including phenoxy) is 1. The molecule has 104 valence electrons. The summed E-state index contributed by atoms with van der Waals surface area (Å²) in [5.74, 6) is -0.390. The summed E-state index contributed by atoms with van der Waals surface area (Å²) in [5.41, 5.74) is 0.979. The Labute approximate surface area is 123 Å². The number of benzene rings is 1. The Morgan fingerprint density at radius 3 is 1.79 bits per heavy atom. The molecule has 0 unspecified atom stereocenters. The van der Waals surface area contributed by atoms with E-state index in [2.05, 4.69) is 6.58 Å². The van der Waals surface area contributed by atoms with Gasteiger partial charge >= 0.3 is 5.97 Å². The van der Waals surface area contributed by atoms with E-state index in [9.17, 15) is 4.79 Å². The number of rotatable bonds is 3. The molecular formula is C13H16CrO5. The number of carbonyl (C=O) groups excluding carboxylic acids is 4. The standard InChI is InChI=1S/C10H10O2.3CH2O.Cr/c1-2-10(11)12-8-9-6-4-3-5-7-9;3*1-2;/h2-7H,1,8H2;3*1H2;. The van der Waals surface area contributed by atoms with Crippen LogP contribution in [0.5, 0.6) is 0 Å². The van der Waals surface area contributed by atoms with Crippen molar-refractivity contribution in [1.29, 1.82) is 0 Å². The van der Waals surface area contributed by atoms with Gasteiger partial charge in [-0.25, -0.2) is 4.79 Å². The summed E-state index contributed by atoms with van der Waals surface area (Å²) in [7, 11) is 0. The van der Waals surface area contributed by atoms with E-state index in [4.69, 9.17) is 19.1 Å². The van der Waals surface area contributed by atoms with Crippen LogP contribution in [0.1, 0.15) is 5.56 Å². The summed E-state index contributed by atoms with van der Waals surface area (Å²) in [4.78, 5) is 34.6. The zero-order chi connectivity index (χ0) is 14.8. The van der Waals surface area contributed by atoms with E-state index in [0.29, 0.717) is 6.61 Å². The number of esters is 1. The molecule has 1 rings (SSSR count). The van der Waals surface area contributed by atoms with Crippen molar-refractivity contribution in [3.05, 3.63) is 48.6 Å². The largest absolute Gasteiger partial charge is 0.458 e. The normalized spacial score (nSPS) is 6.32. The SMILES string of the molecule is C=CC(=O)OCc1ccccc1.C=O.C=O.C=O.[Cr]. The molecule has 0 amide bonds. The third kappa shape index (κ3) is 18.5. The molecule has 5 nitrogen and oxygen atoms in total. The Morgan fingerprint density at radius 2 is 1.42 bits per heavy atom. The zero-order valence-electron chi connectivity index (χ0n) is 10.4. The fraction of sp³-hybridized carbons (Fsp3) is 0.0769. The monoisotopic (exact) mass is 304 g/mol. The molecule has 0 atom stereocenters. The van der Waals surface area contributed by atoms with Crippen molar-refractivity contribution >= 4 is 26.3 Å². The van der Waals surface area contributed by atoms with Crippen LogP contribution in [0.3, 0.4) is 0 Å². The molecule has 19 heavy (non-hydrogen) atoms. The van der Waals surface area contributed by atoms with Gasteiger partial charge in [-0.05, 0) is 5.56 Å². The van der Waals surface area contributed by atoms with Crippen molar-refractivity contribution in [3.8, 4) is 0 Å². The van der Waals surface area contributed by atoms with Crippen molar-refractivity contribution in [2.24, 2.45) is 0 Å². The van der Waals surface area contributed by atoms with Gasteiger partial charge in [0.15, 0.2) is 0 Å². The summed E-state index contributed by atoms with van der Waals surface area (Å²) in [6.45, 7) is 9.61. The van der Waals surface area contributed by atoms with Crippen molar-refractivity contribution in [1.82, 2.24) is 0 Å². The average Bonchev–Trinajstić information content (AvgIpc) is 2.52. The van der Waals surface area contributed by atoms with E-state index in [1.807, 2.05) is 50.7 Å². The van der Waals surface area contributed by atoms with Gasteiger partial charge in [-0.2, -0.15) is 0 Å². The second-order valence-electron chi connectivity index (χ2n) is 2.30. The summed E-state index contributed by atoms with van der Waals surface area (Å²) in [5, 5.41) is 0. The third-order valence-corrected chi connectivity index (χ3v) is 1.39. The molecule has 1 aromatic rings. The Kier molecular flexibility index (Phi) is 33.8. The summed E-state index contributed by atoms with van der Waals surface area (Å²) in [6, 6.07) is 9.51. The van der Waals surface area contributed by atoms with Gasteiger partial charge in [0.05, 0.1) is 0 Å². The fourth-order valence-corrected chi connectivity index (χ4v) is 0.788. The molecular weight excluding hydrogens is 288 g/mol. The van der Waals surface area contributed by atoms with Crippen LogP contribution < -0.4 is 0 Å². The van der Waals surface area contributed by atoms with E-state index < -0.39 is 0 Å². The van der Waals surface area contributed by atoms with E-state index in [1.54, 1.807) is 0 Å². The number of hydrogen-bond donors (Lipinski definition) is 0. The average molecular weight is 304 g/mol. The minimum Gasteiger partial charge on any atom is -0.458 e. The third-order valence-electron chi connectivity index (χ3n) is 1.39. The quantitative estimate of drug-likeness (QED) is 0.622. The molecule has 0 saturated heterocycles. The van der Waals surface area contributed by atoms with Gasteiger partial charge in [0.2, 0.25) is 0 Å². The van der Waals surface area contributed by atoms with E-state index in [1.165, 1.54) is 0 Å². The Bertz CT molecular complexity index is 311. The molecule has 0 radical (unpaired) electrons. The van der Waals surface area contributed by atoms with E-state index >= 15 is 0 Å². The Balaban J connectivity index is -0.000000142. The fourth-order valence-electron chi connectivity index (χ4n) is 0.788. The van der Waals surface area contributed by atoms with E-state index in [-0.39, 0.29) is 23.3 Å². The van der Waals surface area contributed by atoms with Crippen LogP contribution in [0.25, 0.3) is 0 Å². The van der Waals surface area contributed by atoms with Crippen LogP contribution in [0.4, 0.5) is 0 Å². The first kappa shape index (κ1) is 25.7. The first-order chi connectivity index (χ1) is 8.83. The molecule has 0 aliphatic rings. The van der Waals surface area contributed by atoms with Gasteiger partial charge in [0.25, 0.3) is 0 Å². The molecule has 6 heteroatoms. The maximum absolute atomic E-state index is 10.6. The van der Waals surface area contributed by atoms with Gasteiger partial charge in [-0.1, -0.05) is 36.9 Å². The molecule has 0 spiro atoms. The summed E-state index contributed by atoms with van der Waals surface area (Å²) < 4.78 is 4.82. The van der Waals surface area contributed by atoms with Gasteiger partial charge in [0, 0.05) is 23.4 Å². The van der Waals surface area contributed by atoms with Crippen molar-refractivity contribution in [3.63, 3.8) is 0 Å². The Hall–Kier alpha value is -2.03. The van der Waals surface area contributed by atoms with Crippen molar-refractivity contribution in [2.45, 2.75) is 6.61 Å². The van der Waals surface area contributed by atoms with Crippen LogP contribution in [-0.4, -0.2) is 26.3 Å². The topological polar surface area (TPSA) is 77.5 Å². The second-order valence-corrected chi connectivity index (χ2v) is 2.30. The molecule has 0 aliphatic heterocycles. The van der Waals surface area contributed by atoms with Gasteiger partial charge in [-0.15, -0.1) is 0 Å². The number of carbonyl (C=O) groups is 4. The molecule has 0 heterocycles. The molecule has 0 saturated carbocycles. The predicted octanol–water partition coefficient (Wildman–Crippen LogP) is 1.36. The molecule has 0 bridgehead atoms. The molecule has 0 N–H and O–H groups in total. The molecule has 0 aliphatic carbocycles. The van der Waals surface area contributed by atoms with Crippen molar-refractivity contribution < 1.29 is 41.3 Å². The van der Waals surface area contributed by atoms with Crippen LogP contribution in [-0.2, 0) is 47.9 Å². The molecule has 1 aromatic carbocycles. The van der Waals surface area contributed by atoms with Gasteiger partial charge < -0.3 is 19.1 Å². The molecule has 0 fully saturated rings. The minimum atomic E-state index is -0.390. The van der Waals surface area contributed by atoms with Gasteiger partial charge in [-0.3, -0.25) is 0 Å². The second kappa shape index (κ2) is 25.0. The predicted molar refractivity (Wildman–Crippen MR) is 67.8 cm³/mol. The van der Waals surface area contributed by atoms with Crippen LogP contribution >= 0.6 is 0 Å². The minimum absolute atomic E-state index is 0. The Morgan fingerprint density at radius 1 is 1.00 bits per heavy atom. The number of hydrogen-bond acceptors (Lipinski definition) is 5. The van der Waals surface area contributed by atoms with Crippen LogP contribution in [0.15, 0.2) is 43.0 Å². The zero-order valence-corrected chi connectivity index (χ0v) is 11.7. The smallest absolute Gasteiger partial charge is 0.330 e. The first-order valence-electron chi connectivity index (χ1n) is 4.52. The van der Waals surface area contributed by atoms with Crippen LogP contribution in [0, 0.1) is 0 Å². The molecule has 0 aromatic heterocycles. The summed E-state index contributed by atoms with van der Waals surface area (Å²) in [6.07, 6.45) is 1.16. The van der Waals surface area contributed by atoms with Crippen molar-refractivity contribution in [2.75, 3.05) is 0 Å². The maximum atomic E-state index is 10.6. The maximum Gasteiger partial charge on any atom is 0.330 e. The van der Waals surface area contributed by atoms with Crippen LogP contribution in [0.2, 0.25) is 0 Å². The summed E-state index contributed by atoms with van der Waals surface area (Å²) >= 11 is 0.